The summed E-state index contributed by atoms with van der Waals surface area (Å²) in [5.74, 6) is -0.496. The zero-order valence-electron chi connectivity index (χ0n) is 12.3. The number of hydrogen-bond donors (Lipinski definition) is 1. The fourth-order valence-corrected chi connectivity index (χ4v) is 2.90. The first-order chi connectivity index (χ1) is 9.84. The van der Waals surface area contributed by atoms with Gasteiger partial charge < -0.3 is 14.6 Å². The molecule has 1 N–H and O–H groups in total. The van der Waals surface area contributed by atoms with Crippen LogP contribution in [0.15, 0.2) is 12.1 Å². The molecule has 0 saturated carbocycles. The highest BCUT2D eigenvalue weighted by molar-refractivity contribution is 6.10. The Morgan fingerprint density at radius 1 is 1.24 bits per heavy atom. The highest BCUT2D eigenvalue weighted by Gasteiger charge is 2.46. The number of ketones is 1. The fraction of sp³-hybridized carbons (Fsp3) is 0.500. The Morgan fingerprint density at radius 3 is 2.57 bits per heavy atom. The summed E-state index contributed by atoms with van der Waals surface area (Å²) in [5, 5.41) is 10.0. The summed E-state index contributed by atoms with van der Waals surface area (Å²) in [4.78, 5) is 24.4. The Kier molecular flexibility index (Phi) is 3.06. The average molecular weight is 290 g/mol. The van der Waals surface area contributed by atoms with Crippen LogP contribution < -0.4 is 4.74 Å². The van der Waals surface area contributed by atoms with Crippen LogP contribution in [-0.2, 0) is 4.74 Å². The molecule has 2 heterocycles. The second-order valence-corrected chi connectivity index (χ2v) is 6.10. The third kappa shape index (κ3) is 2.03. The van der Waals surface area contributed by atoms with E-state index in [9.17, 15) is 14.7 Å². The lowest BCUT2D eigenvalue weighted by Crippen LogP contribution is -2.43. The molecular formula is C16H18O5. The molecule has 3 rings (SSSR count). The maximum Gasteiger partial charge on any atom is 0.342 e. The van der Waals surface area contributed by atoms with Crippen LogP contribution in [0.2, 0.25) is 0 Å². The number of esters is 1. The van der Waals surface area contributed by atoms with Crippen molar-refractivity contribution in [3.63, 3.8) is 0 Å². The van der Waals surface area contributed by atoms with Crippen LogP contribution in [0, 0.1) is 0 Å². The second-order valence-electron chi connectivity index (χ2n) is 6.10. The van der Waals surface area contributed by atoms with Gasteiger partial charge in [-0.25, -0.2) is 4.79 Å². The van der Waals surface area contributed by atoms with E-state index < -0.39 is 17.7 Å². The molecule has 0 radical (unpaired) electrons. The van der Waals surface area contributed by atoms with Crippen LogP contribution in [0.25, 0.3) is 0 Å². The largest absolute Gasteiger partial charge is 0.478 e. The molecule has 0 saturated heterocycles. The number of hydrogen-bond acceptors (Lipinski definition) is 5. The maximum absolute atomic E-state index is 12.3. The normalized spacial score (nSPS) is 23.6. The molecule has 0 spiro atoms. The van der Waals surface area contributed by atoms with Gasteiger partial charge in [0.2, 0.25) is 5.78 Å². The molecule has 112 valence electrons. The lowest BCUT2D eigenvalue weighted by Gasteiger charge is -2.23. The molecule has 5 nitrogen and oxygen atoms in total. The van der Waals surface area contributed by atoms with Crippen LogP contribution in [-0.4, -0.2) is 28.6 Å². The molecule has 1 aromatic rings. The number of carbonyl (C=O) groups excluding carboxylic acids is 2. The van der Waals surface area contributed by atoms with Crippen molar-refractivity contribution in [1.82, 2.24) is 0 Å². The topological polar surface area (TPSA) is 72.8 Å². The quantitative estimate of drug-likeness (QED) is 0.865. The van der Waals surface area contributed by atoms with E-state index in [0.717, 1.165) is 18.4 Å². The molecule has 0 amide bonds. The summed E-state index contributed by atoms with van der Waals surface area (Å²) >= 11 is 0. The van der Waals surface area contributed by atoms with E-state index in [0.29, 0.717) is 11.1 Å². The van der Waals surface area contributed by atoms with Gasteiger partial charge >= 0.3 is 5.97 Å². The van der Waals surface area contributed by atoms with Crippen molar-refractivity contribution in [2.24, 2.45) is 0 Å². The van der Waals surface area contributed by atoms with Crippen LogP contribution in [0.3, 0.4) is 0 Å². The molecule has 2 aliphatic heterocycles. The van der Waals surface area contributed by atoms with Gasteiger partial charge in [0.05, 0.1) is 5.56 Å². The van der Waals surface area contributed by atoms with Crippen molar-refractivity contribution in [1.29, 1.82) is 0 Å². The minimum atomic E-state index is -1.31. The van der Waals surface area contributed by atoms with Gasteiger partial charge in [0.25, 0.3) is 0 Å². The van der Waals surface area contributed by atoms with Crippen molar-refractivity contribution in [2.75, 3.05) is 0 Å². The number of Topliss-reactive ketones (excluding diaryl/α,β-unsaturated/α-hetero) is 1. The van der Waals surface area contributed by atoms with Gasteiger partial charge in [-0.15, -0.1) is 0 Å². The van der Waals surface area contributed by atoms with Crippen molar-refractivity contribution < 1.29 is 24.2 Å². The van der Waals surface area contributed by atoms with E-state index >= 15 is 0 Å². The predicted octanol–water partition coefficient (Wildman–Crippen LogP) is 2.41. The summed E-state index contributed by atoms with van der Waals surface area (Å²) in [7, 11) is 0. The van der Waals surface area contributed by atoms with Crippen LogP contribution in [0.1, 0.15) is 66.0 Å². The Labute approximate surface area is 122 Å². The summed E-state index contributed by atoms with van der Waals surface area (Å²) in [6.45, 7) is 5.04. The third-order valence-corrected chi connectivity index (χ3v) is 3.92. The summed E-state index contributed by atoms with van der Waals surface area (Å²) in [6, 6.07) is 3.42. The van der Waals surface area contributed by atoms with Crippen molar-refractivity contribution in [2.45, 2.75) is 51.4 Å². The highest BCUT2D eigenvalue weighted by atomic mass is 16.6. The summed E-state index contributed by atoms with van der Waals surface area (Å²) < 4.78 is 11.0. The molecule has 2 aliphatic rings. The molecule has 2 atom stereocenters. The predicted molar refractivity (Wildman–Crippen MR) is 74.6 cm³/mol. The van der Waals surface area contributed by atoms with Gasteiger partial charge in [0.15, 0.2) is 6.10 Å². The fourth-order valence-electron chi connectivity index (χ4n) is 2.90. The van der Waals surface area contributed by atoms with Gasteiger partial charge in [-0.2, -0.15) is 0 Å². The van der Waals surface area contributed by atoms with E-state index in [1.54, 1.807) is 12.1 Å². The number of carbonyl (C=O) groups is 2. The van der Waals surface area contributed by atoms with Crippen LogP contribution >= 0.6 is 0 Å². The summed E-state index contributed by atoms with van der Waals surface area (Å²) in [6.07, 6.45) is 0.362. The van der Waals surface area contributed by atoms with E-state index in [1.807, 2.05) is 6.92 Å². The van der Waals surface area contributed by atoms with Crippen LogP contribution in [0.5, 0.6) is 5.75 Å². The first-order valence-corrected chi connectivity index (χ1v) is 7.15. The third-order valence-electron chi connectivity index (χ3n) is 3.92. The van der Waals surface area contributed by atoms with Gasteiger partial charge in [-0.05, 0) is 26.3 Å². The van der Waals surface area contributed by atoms with Gasteiger partial charge in [-0.3, -0.25) is 4.79 Å². The maximum atomic E-state index is 12.3. The Bertz CT molecular complexity index is 626. The zero-order valence-corrected chi connectivity index (χ0v) is 12.3. The molecule has 0 fully saturated rings. The Hall–Kier alpha value is -1.88. The van der Waals surface area contributed by atoms with Gasteiger partial charge in [-0.1, -0.05) is 19.4 Å². The number of rotatable bonds is 3. The zero-order chi connectivity index (χ0) is 15.4. The second kappa shape index (κ2) is 4.56. The minimum Gasteiger partial charge on any atom is -0.478 e. The molecule has 1 unspecified atom stereocenters. The molecule has 0 aromatic heterocycles. The monoisotopic (exact) mass is 290 g/mol. The lowest BCUT2D eigenvalue weighted by molar-refractivity contribution is -0.0143. The first-order valence-electron chi connectivity index (χ1n) is 7.15. The number of benzene rings is 1. The highest BCUT2D eigenvalue weighted by Crippen LogP contribution is 2.44. The first kappa shape index (κ1) is 14.1. The molecule has 1 aromatic carbocycles. The van der Waals surface area contributed by atoms with E-state index in [4.69, 9.17) is 9.47 Å². The van der Waals surface area contributed by atoms with E-state index in [-0.39, 0.29) is 17.6 Å². The van der Waals surface area contributed by atoms with Crippen LogP contribution in [0.4, 0.5) is 0 Å². The average Bonchev–Trinajstić information content (AvgIpc) is 2.89. The number of cyclic esters (lactones) is 1. The molecule has 5 heteroatoms. The lowest BCUT2D eigenvalue weighted by atomic mass is 9.93. The molecular weight excluding hydrogens is 272 g/mol. The van der Waals surface area contributed by atoms with Crippen molar-refractivity contribution in [3.8, 4) is 5.75 Å². The molecule has 0 aliphatic carbocycles. The number of aliphatic hydroxyl groups is 1. The van der Waals surface area contributed by atoms with E-state index in [2.05, 4.69) is 0 Å². The minimum absolute atomic E-state index is 0.258. The Morgan fingerprint density at radius 2 is 1.95 bits per heavy atom. The number of ether oxygens (including phenoxy) is 2. The number of fused-ring (bicyclic) bond motifs is 3. The smallest absolute Gasteiger partial charge is 0.342 e. The Balaban J connectivity index is 2.08. The van der Waals surface area contributed by atoms with E-state index in [1.165, 1.54) is 13.8 Å². The summed E-state index contributed by atoms with van der Waals surface area (Å²) in [5.41, 5.74) is 0.139. The SMILES string of the molecule is CCC[C@@H]1OC(=O)c2c1ccc1c2OC(C(C)(C)O)C1=O. The van der Waals surface area contributed by atoms with Gasteiger partial charge in [0.1, 0.15) is 23.0 Å². The van der Waals surface area contributed by atoms with Crippen molar-refractivity contribution >= 4 is 11.8 Å². The van der Waals surface area contributed by atoms with Gasteiger partial charge in [0, 0.05) is 5.56 Å². The standard InChI is InChI=1S/C16H18O5/c1-4-5-10-8-6-7-9-12(17)14(16(2,3)19)21-13(9)11(8)15(18)20-10/h6-7,10,14,19H,4-5H2,1-3H3/t10-,14?/m0/s1. The molecule has 0 bridgehead atoms. The van der Waals surface area contributed by atoms with Crippen molar-refractivity contribution in [3.05, 3.63) is 28.8 Å². The molecule has 21 heavy (non-hydrogen) atoms.